The van der Waals surface area contributed by atoms with Crippen molar-refractivity contribution in [3.05, 3.63) is 41.7 Å². The molecule has 6 heteroatoms. The maximum atomic E-state index is 12.9. The summed E-state index contributed by atoms with van der Waals surface area (Å²) in [7, 11) is 0. The Bertz CT molecular complexity index is 711. The van der Waals surface area contributed by atoms with Crippen LogP contribution in [0, 0.1) is 6.92 Å². The van der Waals surface area contributed by atoms with E-state index in [1.54, 1.807) is 10.9 Å². The summed E-state index contributed by atoms with van der Waals surface area (Å²) in [5, 5.41) is 11.7. The number of carbonyl (C=O) groups is 1. The number of aromatic nitrogens is 3. The first-order valence-electron chi connectivity index (χ1n) is 8.25. The third-order valence-electron chi connectivity index (χ3n) is 4.87. The normalized spacial score (nSPS) is 23.8. The third-order valence-corrected chi connectivity index (χ3v) is 4.87. The van der Waals surface area contributed by atoms with E-state index in [-0.39, 0.29) is 5.91 Å². The molecule has 1 aromatic heterocycles. The number of amides is 1. The van der Waals surface area contributed by atoms with Gasteiger partial charge in [-0.05, 0) is 50.4 Å². The lowest BCUT2D eigenvalue weighted by Crippen LogP contribution is -2.42. The number of benzene rings is 1. The molecule has 1 aromatic carbocycles. The summed E-state index contributed by atoms with van der Waals surface area (Å²) in [5.74, 6) is 0.0140. The van der Waals surface area contributed by atoms with Crippen LogP contribution in [-0.4, -0.2) is 51.0 Å². The maximum absolute atomic E-state index is 12.9. The van der Waals surface area contributed by atoms with Gasteiger partial charge in [-0.15, -0.1) is 5.10 Å². The van der Waals surface area contributed by atoms with Crippen LogP contribution < -0.4 is 5.32 Å². The van der Waals surface area contributed by atoms with E-state index in [9.17, 15) is 4.79 Å². The molecular formula is C17H21N5O. The zero-order valence-electron chi connectivity index (χ0n) is 13.3. The molecule has 1 amide bonds. The van der Waals surface area contributed by atoms with Crippen molar-refractivity contribution in [2.45, 2.75) is 38.3 Å². The molecule has 2 aromatic rings. The molecule has 6 nitrogen and oxygen atoms in total. The SMILES string of the molecule is Cc1cccc(-n2cc(C(=O)N3C4CCNCC3CC4)nn2)c1. The van der Waals surface area contributed by atoms with Gasteiger partial charge in [0.25, 0.3) is 5.91 Å². The Labute approximate surface area is 135 Å². The van der Waals surface area contributed by atoms with E-state index < -0.39 is 0 Å². The van der Waals surface area contributed by atoms with E-state index in [0.29, 0.717) is 17.8 Å². The molecule has 3 heterocycles. The maximum Gasteiger partial charge on any atom is 0.276 e. The lowest BCUT2D eigenvalue weighted by atomic mass is 10.1. The predicted octanol–water partition coefficient (Wildman–Crippen LogP) is 1.54. The molecule has 0 aliphatic carbocycles. The fraction of sp³-hybridized carbons (Fsp3) is 0.471. The molecule has 4 rings (SSSR count). The highest BCUT2D eigenvalue weighted by molar-refractivity contribution is 5.92. The molecule has 120 valence electrons. The molecule has 2 saturated heterocycles. The molecule has 23 heavy (non-hydrogen) atoms. The van der Waals surface area contributed by atoms with Crippen molar-refractivity contribution in [2.75, 3.05) is 13.1 Å². The van der Waals surface area contributed by atoms with Crippen molar-refractivity contribution in [1.29, 1.82) is 0 Å². The van der Waals surface area contributed by atoms with Crippen LogP contribution in [0.5, 0.6) is 0 Å². The van der Waals surface area contributed by atoms with Crippen LogP contribution in [0.25, 0.3) is 5.69 Å². The highest BCUT2D eigenvalue weighted by atomic mass is 16.2. The Morgan fingerprint density at radius 2 is 2.13 bits per heavy atom. The number of nitrogens with one attached hydrogen (secondary N) is 1. The number of hydrogen-bond acceptors (Lipinski definition) is 4. The van der Waals surface area contributed by atoms with Crippen LogP contribution in [0.4, 0.5) is 0 Å². The molecule has 2 fully saturated rings. The summed E-state index contributed by atoms with van der Waals surface area (Å²) in [6.07, 6.45) is 4.95. The first-order valence-corrected chi connectivity index (χ1v) is 8.25. The van der Waals surface area contributed by atoms with Gasteiger partial charge in [-0.2, -0.15) is 0 Å². The zero-order valence-corrected chi connectivity index (χ0v) is 13.3. The predicted molar refractivity (Wildman–Crippen MR) is 86.6 cm³/mol. The molecule has 2 unspecified atom stereocenters. The van der Waals surface area contributed by atoms with Gasteiger partial charge < -0.3 is 10.2 Å². The van der Waals surface area contributed by atoms with Gasteiger partial charge in [-0.1, -0.05) is 17.3 Å². The Morgan fingerprint density at radius 1 is 1.26 bits per heavy atom. The van der Waals surface area contributed by atoms with Gasteiger partial charge in [0.2, 0.25) is 0 Å². The van der Waals surface area contributed by atoms with E-state index >= 15 is 0 Å². The highest BCUT2D eigenvalue weighted by Crippen LogP contribution is 2.29. The standard InChI is InChI=1S/C17H21N5O/c1-12-3-2-4-14(9-12)21-11-16(19-20-21)17(23)22-13-5-6-15(22)10-18-8-7-13/h2-4,9,11,13,15,18H,5-8,10H2,1H3. The topological polar surface area (TPSA) is 63.1 Å². The number of rotatable bonds is 2. The van der Waals surface area contributed by atoms with Gasteiger partial charge in [-0.25, -0.2) is 4.68 Å². The fourth-order valence-corrected chi connectivity index (χ4v) is 3.70. The van der Waals surface area contributed by atoms with E-state index in [2.05, 4.69) is 15.6 Å². The molecule has 2 bridgehead atoms. The van der Waals surface area contributed by atoms with Crippen LogP contribution in [0.3, 0.4) is 0 Å². The molecule has 2 aliphatic heterocycles. The second-order valence-corrected chi connectivity index (χ2v) is 6.48. The van der Waals surface area contributed by atoms with E-state index in [0.717, 1.165) is 43.6 Å². The monoisotopic (exact) mass is 311 g/mol. The van der Waals surface area contributed by atoms with E-state index in [1.807, 2.05) is 36.1 Å². The summed E-state index contributed by atoms with van der Waals surface area (Å²) in [5.41, 5.74) is 2.52. The molecule has 2 atom stereocenters. The second-order valence-electron chi connectivity index (χ2n) is 6.48. The van der Waals surface area contributed by atoms with Crippen molar-refractivity contribution in [3.8, 4) is 5.69 Å². The van der Waals surface area contributed by atoms with Crippen LogP contribution in [0.2, 0.25) is 0 Å². The molecule has 0 saturated carbocycles. The largest absolute Gasteiger partial charge is 0.330 e. The minimum Gasteiger partial charge on any atom is -0.330 e. The number of aryl methyl sites for hydroxylation is 1. The smallest absolute Gasteiger partial charge is 0.276 e. The zero-order chi connectivity index (χ0) is 15.8. The molecule has 0 spiro atoms. The molecule has 1 N–H and O–H groups in total. The van der Waals surface area contributed by atoms with Crippen molar-refractivity contribution in [2.24, 2.45) is 0 Å². The summed E-state index contributed by atoms with van der Waals surface area (Å²) in [4.78, 5) is 14.9. The number of nitrogens with zero attached hydrogens (tertiary/aromatic N) is 4. The number of hydrogen-bond donors (Lipinski definition) is 1. The quantitative estimate of drug-likeness (QED) is 0.914. The van der Waals surface area contributed by atoms with Crippen LogP contribution in [0.1, 0.15) is 35.3 Å². The summed E-state index contributed by atoms with van der Waals surface area (Å²) < 4.78 is 1.68. The van der Waals surface area contributed by atoms with Crippen molar-refractivity contribution in [1.82, 2.24) is 25.2 Å². The number of carbonyl (C=O) groups excluding carboxylic acids is 1. The van der Waals surface area contributed by atoms with Gasteiger partial charge in [-0.3, -0.25) is 4.79 Å². The van der Waals surface area contributed by atoms with E-state index in [4.69, 9.17) is 0 Å². The lowest BCUT2D eigenvalue weighted by Gasteiger charge is -2.26. The fourth-order valence-electron chi connectivity index (χ4n) is 3.70. The van der Waals surface area contributed by atoms with Crippen molar-refractivity contribution in [3.63, 3.8) is 0 Å². The molecule has 2 aliphatic rings. The number of fused-ring (bicyclic) bond motifs is 2. The van der Waals surface area contributed by atoms with Gasteiger partial charge in [0.1, 0.15) is 0 Å². The van der Waals surface area contributed by atoms with Gasteiger partial charge in [0, 0.05) is 18.6 Å². The van der Waals surface area contributed by atoms with Gasteiger partial charge in [0.05, 0.1) is 11.9 Å². The molecule has 0 radical (unpaired) electrons. The Kier molecular flexibility index (Phi) is 3.61. The first-order chi connectivity index (χ1) is 11.2. The van der Waals surface area contributed by atoms with E-state index in [1.165, 1.54) is 0 Å². The van der Waals surface area contributed by atoms with Crippen molar-refractivity contribution < 1.29 is 4.79 Å². The summed E-state index contributed by atoms with van der Waals surface area (Å²) in [6.45, 7) is 3.91. The second kappa shape index (κ2) is 5.77. The summed E-state index contributed by atoms with van der Waals surface area (Å²) in [6, 6.07) is 8.65. The Morgan fingerprint density at radius 3 is 3.00 bits per heavy atom. The average Bonchev–Trinajstić information content (AvgIpc) is 3.11. The van der Waals surface area contributed by atoms with Gasteiger partial charge in [0.15, 0.2) is 5.69 Å². The lowest BCUT2D eigenvalue weighted by molar-refractivity contribution is 0.0674. The first kappa shape index (κ1) is 14.4. The van der Waals surface area contributed by atoms with Crippen LogP contribution in [-0.2, 0) is 0 Å². The highest BCUT2D eigenvalue weighted by Gasteiger charge is 2.39. The minimum atomic E-state index is 0.0140. The van der Waals surface area contributed by atoms with Crippen LogP contribution >= 0.6 is 0 Å². The molecular weight excluding hydrogens is 290 g/mol. The van der Waals surface area contributed by atoms with Gasteiger partial charge >= 0.3 is 0 Å². The van der Waals surface area contributed by atoms with Crippen molar-refractivity contribution >= 4 is 5.91 Å². The average molecular weight is 311 g/mol. The Hall–Kier alpha value is -2.21. The summed E-state index contributed by atoms with van der Waals surface area (Å²) >= 11 is 0. The minimum absolute atomic E-state index is 0.0140. The third kappa shape index (κ3) is 2.63. The van der Waals surface area contributed by atoms with Crippen LogP contribution in [0.15, 0.2) is 30.5 Å². The Balaban J connectivity index is 1.60.